The Hall–Kier alpha value is -1.26. The van der Waals surface area contributed by atoms with Gasteiger partial charge in [-0.05, 0) is 13.3 Å². The molecule has 0 unspecified atom stereocenters. The number of hydrogen-bond acceptors (Lipinski definition) is 4. The van der Waals surface area contributed by atoms with Crippen molar-refractivity contribution in [2.75, 3.05) is 13.2 Å². The number of rotatable bonds is 2. The number of carbonyl (C=O) groups is 1. The van der Waals surface area contributed by atoms with Crippen LogP contribution in [0.15, 0.2) is 0 Å². The molecule has 12 heavy (non-hydrogen) atoms. The van der Waals surface area contributed by atoms with E-state index in [2.05, 4.69) is 9.57 Å². The summed E-state index contributed by atoms with van der Waals surface area (Å²) in [7, 11) is 0. The molecule has 5 nitrogen and oxygen atoms in total. The van der Waals surface area contributed by atoms with Crippen molar-refractivity contribution in [3.63, 3.8) is 0 Å². The molecule has 68 valence electrons. The van der Waals surface area contributed by atoms with E-state index in [1.807, 2.05) is 0 Å². The lowest BCUT2D eigenvalue weighted by Crippen LogP contribution is -2.31. The Morgan fingerprint density at radius 3 is 3.17 bits per heavy atom. The highest BCUT2D eigenvalue weighted by molar-refractivity contribution is 6.34. The molecule has 0 saturated carbocycles. The van der Waals surface area contributed by atoms with Crippen LogP contribution >= 0.6 is 0 Å². The van der Waals surface area contributed by atoms with Crippen molar-refractivity contribution in [1.29, 1.82) is 0 Å². The second kappa shape index (κ2) is 3.94. The minimum Gasteiger partial charge on any atom is -0.458 e. The molecular weight excluding hydrogens is 162 g/mol. The minimum atomic E-state index is -0.577. The van der Waals surface area contributed by atoms with Gasteiger partial charge in [0.15, 0.2) is 0 Å². The molecule has 5 heteroatoms. The van der Waals surface area contributed by atoms with Crippen LogP contribution in [0.1, 0.15) is 19.8 Å². The molecule has 0 aromatic heterocycles. The fourth-order valence-corrected chi connectivity index (χ4v) is 0.947. The largest absolute Gasteiger partial charge is 0.458 e. The summed E-state index contributed by atoms with van der Waals surface area (Å²) in [5.74, 6) is -0.577. The Bertz CT molecular complexity index is 211. The van der Waals surface area contributed by atoms with Gasteiger partial charge in [0, 0.05) is 11.3 Å². The first-order valence-corrected chi connectivity index (χ1v) is 3.89. The average molecular weight is 173 g/mol. The van der Waals surface area contributed by atoms with Crippen molar-refractivity contribution >= 4 is 11.7 Å². The topological polar surface area (TPSA) is 61.6 Å². The van der Waals surface area contributed by atoms with Crippen LogP contribution in [0.3, 0.4) is 0 Å². The molecule has 0 amide bonds. The van der Waals surface area contributed by atoms with Crippen molar-refractivity contribution in [2.45, 2.75) is 19.8 Å². The molecule has 0 aromatic rings. The lowest BCUT2D eigenvalue weighted by Gasteiger charge is -2.13. The highest BCUT2D eigenvalue weighted by atomic mass is 16.9. The Morgan fingerprint density at radius 1 is 1.83 bits per heavy atom. The number of hydrogen-bond donors (Lipinski definition) is 0. The molecule has 0 spiro atoms. The SMILES string of the molecule is CCOC(=O)C1=[N+]([O-])OCCC1. The number of nitrogens with zero attached hydrogens (tertiary/aromatic N) is 1. The number of ether oxygens (including phenoxy) is 1. The predicted molar refractivity (Wildman–Crippen MR) is 40.5 cm³/mol. The molecule has 1 rings (SSSR count). The third-order valence-corrected chi connectivity index (χ3v) is 1.50. The molecule has 0 bridgehead atoms. The van der Waals surface area contributed by atoms with Gasteiger partial charge in [0.05, 0.1) is 13.2 Å². The highest BCUT2D eigenvalue weighted by Crippen LogP contribution is 2.03. The second-order valence-corrected chi connectivity index (χ2v) is 2.36. The van der Waals surface area contributed by atoms with E-state index in [9.17, 15) is 10.0 Å². The molecule has 0 radical (unpaired) electrons. The van der Waals surface area contributed by atoms with Gasteiger partial charge in [-0.3, -0.25) is 5.21 Å². The van der Waals surface area contributed by atoms with Gasteiger partial charge in [0.25, 0.3) is 0 Å². The highest BCUT2D eigenvalue weighted by Gasteiger charge is 2.26. The van der Waals surface area contributed by atoms with Crippen molar-refractivity contribution < 1.29 is 19.3 Å². The van der Waals surface area contributed by atoms with Crippen LogP contribution in [-0.4, -0.2) is 29.8 Å². The molecule has 0 N–H and O–H groups in total. The fourth-order valence-electron chi connectivity index (χ4n) is 0.947. The first-order valence-electron chi connectivity index (χ1n) is 3.89. The summed E-state index contributed by atoms with van der Waals surface area (Å²) in [5, 5.41) is 10.9. The van der Waals surface area contributed by atoms with E-state index in [1.165, 1.54) is 0 Å². The maximum atomic E-state index is 11.0. The van der Waals surface area contributed by atoms with Crippen LogP contribution in [-0.2, 0) is 14.4 Å². The zero-order valence-electron chi connectivity index (χ0n) is 6.91. The van der Waals surface area contributed by atoms with Crippen LogP contribution in [0.25, 0.3) is 0 Å². The van der Waals surface area contributed by atoms with Gasteiger partial charge in [-0.2, -0.15) is 0 Å². The summed E-state index contributed by atoms with van der Waals surface area (Å²) in [5.41, 5.74) is 0.0584. The predicted octanol–water partition coefficient (Wildman–Crippen LogP) is 0.226. The van der Waals surface area contributed by atoms with Crippen molar-refractivity contribution in [3.05, 3.63) is 5.21 Å². The van der Waals surface area contributed by atoms with E-state index >= 15 is 0 Å². The van der Waals surface area contributed by atoms with E-state index in [0.29, 0.717) is 19.4 Å². The smallest absolute Gasteiger partial charge is 0.405 e. The zero-order chi connectivity index (χ0) is 8.97. The van der Waals surface area contributed by atoms with Gasteiger partial charge in [-0.15, -0.1) is 0 Å². The molecule has 1 heterocycles. The third kappa shape index (κ3) is 1.87. The van der Waals surface area contributed by atoms with Gasteiger partial charge in [0.2, 0.25) is 0 Å². The van der Waals surface area contributed by atoms with Crippen molar-refractivity contribution in [1.82, 2.24) is 0 Å². The second-order valence-electron chi connectivity index (χ2n) is 2.36. The molecule has 0 aliphatic carbocycles. The molecule has 0 aromatic carbocycles. The van der Waals surface area contributed by atoms with Crippen LogP contribution in [0.2, 0.25) is 0 Å². The number of carbonyl (C=O) groups excluding carboxylic acids is 1. The van der Waals surface area contributed by atoms with Crippen LogP contribution in [0, 0.1) is 5.21 Å². The number of esters is 1. The quantitative estimate of drug-likeness (QED) is 0.443. The van der Waals surface area contributed by atoms with Crippen molar-refractivity contribution in [3.8, 4) is 0 Å². The van der Waals surface area contributed by atoms with Gasteiger partial charge >= 0.3 is 11.7 Å². The van der Waals surface area contributed by atoms with Gasteiger partial charge in [0.1, 0.15) is 0 Å². The van der Waals surface area contributed by atoms with Crippen LogP contribution in [0.4, 0.5) is 0 Å². The van der Waals surface area contributed by atoms with Crippen molar-refractivity contribution in [2.24, 2.45) is 0 Å². The summed E-state index contributed by atoms with van der Waals surface area (Å²) >= 11 is 0. The average Bonchev–Trinajstić information content (AvgIpc) is 2.05. The Balaban J connectivity index is 2.64. The van der Waals surface area contributed by atoms with Gasteiger partial charge in [-0.1, -0.05) is 0 Å². The van der Waals surface area contributed by atoms with E-state index in [0.717, 1.165) is 0 Å². The van der Waals surface area contributed by atoms with Crippen LogP contribution in [0.5, 0.6) is 0 Å². The first kappa shape index (κ1) is 8.83. The minimum absolute atomic E-state index is 0.0584. The normalized spacial score (nSPS) is 17.1. The zero-order valence-corrected chi connectivity index (χ0v) is 6.91. The summed E-state index contributed by atoms with van der Waals surface area (Å²) < 4.78 is 4.65. The first-order chi connectivity index (χ1) is 5.75. The molecule has 1 aliphatic heterocycles. The summed E-state index contributed by atoms with van der Waals surface area (Å²) in [6.45, 7) is 2.33. The Kier molecular flexibility index (Phi) is 2.90. The van der Waals surface area contributed by atoms with Gasteiger partial charge < -0.3 is 9.57 Å². The van der Waals surface area contributed by atoms with Gasteiger partial charge in [-0.25, -0.2) is 4.79 Å². The van der Waals surface area contributed by atoms with E-state index in [1.54, 1.807) is 6.92 Å². The molecule has 0 atom stereocenters. The van der Waals surface area contributed by atoms with E-state index in [4.69, 9.17) is 0 Å². The van der Waals surface area contributed by atoms with E-state index in [-0.39, 0.29) is 17.2 Å². The Labute approximate surface area is 70.1 Å². The molecule has 1 aliphatic rings. The monoisotopic (exact) mass is 173 g/mol. The van der Waals surface area contributed by atoms with E-state index < -0.39 is 5.97 Å². The summed E-state index contributed by atoms with van der Waals surface area (Å²) in [6.07, 6.45) is 1.12. The lowest BCUT2D eigenvalue weighted by molar-refractivity contribution is -0.745. The summed E-state index contributed by atoms with van der Waals surface area (Å²) in [4.78, 5) is 15.9. The third-order valence-electron chi connectivity index (χ3n) is 1.50. The summed E-state index contributed by atoms with van der Waals surface area (Å²) in [6, 6.07) is 0. The lowest BCUT2D eigenvalue weighted by atomic mass is 10.2. The fraction of sp³-hybridized carbons (Fsp3) is 0.714. The molecule has 0 fully saturated rings. The molecular formula is C7H11NO4. The maximum Gasteiger partial charge on any atom is 0.405 e. The van der Waals surface area contributed by atoms with Crippen LogP contribution < -0.4 is 0 Å². The molecule has 0 saturated heterocycles. The Morgan fingerprint density at radius 2 is 2.58 bits per heavy atom. The maximum absolute atomic E-state index is 11.0. The standard InChI is InChI=1S/C7H11NO4/c1-2-11-7(9)6-4-3-5-12-8(6)10/h2-5H2,1H3.